The fourth-order valence-corrected chi connectivity index (χ4v) is 4.69. The lowest BCUT2D eigenvalue weighted by molar-refractivity contribution is -0.127. The number of thioether (sulfide) groups is 1. The number of hydrogen-bond donors (Lipinski definition) is 1. The summed E-state index contributed by atoms with van der Waals surface area (Å²) in [6.45, 7) is 2.61. The Kier molecular flexibility index (Phi) is 6.79. The van der Waals surface area contributed by atoms with Crippen LogP contribution in [0, 0.1) is 0 Å². The van der Waals surface area contributed by atoms with Crippen LogP contribution in [0.4, 0.5) is 0 Å². The van der Waals surface area contributed by atoms with Crippen molar-refractivity contribution in [3.63, 3.8) is 0 Å². The van der Waals surface area contributed by atoms with Gasteiger partial charge in [-0.2, -0.15) is 0 Å². The van der Waals surface area contributed by atoms with Crippen molar-refractivity contribution in [2.75, 3.05) is 18.8 Å². The van der Waals surface area contributed by atoms with Crippen LogP contribution in [0.3, 0.4) is 0 Å². The van der Waals surface area contributed by atoms with Gasteiger partial charge in [-0.05, 0) is 42.7 Å². The minimum Gasteiger partial charge on any atom is -0.348 e. The van der Waals surface area contributed by atoms with Gasteiger partial charge in [-0.1, -0.05) is 31.7 Å². The Bertz CT molecular complexity index is 618. The Labute approximate surface area is 154 Å². The van der Waals surface area contributed by atoms with Crippen molar-refractivity contribution < 1.29 is 9.59 Å². The standard InChI is InChI=1S/C20H28N2O2S/c23-19-11-8-13-22(19)12-5-3-1-2-4-6-14-25-18-10-7-9-16-17(18)15-21-20(16)24/h7,9-10H,1-6,8,11-15H2,(H,21,24). The third-order valence-corrected chi connectivity index (χ3v) is 6.24. The maximum atomic E-state index is 11.7. The van der Waals surface area contributed by atoms with Crippen molar-refractivity contribution in [2.45, 2.75) is 62.8 Å². The van der Waals surface area contributed by atoms with E-state index < -0.39 is 0 Å². The quantitative estimate of drug-likeness (QED) is 0.507. The van der Waals surface area contributed by atoms with Crippen LogP contribution in [0.2, 0.25) is 0 Å². The third kappa shape index (κ3) is 5.00. The van der Waals surface area contributed by atoms with E-state index in [0.717, 1.165) is 43.7 Å². The smallest absolute Gasteiger partial charge is 0.251 e. The van der Waals surface area contributed by atoms with Gasteiger partial charge in [0.1, 0.15) is 0 Å². The van der Waals surface area contributed by atoms with Crippen molar-refractivity contribution in [1.29, 1.82) is 0 Å². The maximum absolute atomic E-state index is 11.7. The summed E-state index contributed by atoms with van der Waals surface area (Å²) in [6, 6.07) is 6.03. The number of amides is 2. The summed E-state index contributed by atoms with van der Waals surface area (Å²) in [5.74, 6) is 1.53. The topological polar surface area (TPSA) is 49.4 Å². The number of likely N-dealkylation sites (tertiary alicyclic amines) is 1. The highest BCUT2D eigenvalue weighted by molar-refractivity contribution is 7.99. The fraction of sp³-hybridized carbons (Fsp3) is 0.600. The monoisotopic (exact) mass is 360 g/mol. The van der Waals surface area contributed by atoms with Gasteiger partial charge >= 0.3 is 0 Å². The molecule has 2 aliphatic heterocycles. The van der Waals surface area contributed by atoms with E-state index in [1.807, 2.05) is 28.8 Å². The number of nitrogens with zero attached hydrogens (tertiary/aromatic N) is 1. The zero-order valence-electron chi connectivity index (χ0n) is 14.9. The molecule has 1 N–H and O–H groups in total. The maximum Gasteiger partial charge on any atom is 0.251 e. The Morgan fingerprint density at radius 1 is 1.04 bits per heavy atom. The zero-order chi connectivity index (χ0) is 17.5. The summed E-state index contributed by atoms with van der Waals surface area (Å²) in [7, 11) is 0. The third-order valence-electron chi connectivity index (χ3n) is 5.05. The molecule has 0 aliphatic carbocycles. The second-order valence-corrected chi connectivity index (χ2v) is 8.06. The highest BCUT2D eigenvalue weighted by Crippen LogP contribution is 2.29. The van der Waals surface area contributed by atoms with Gasteiger partial charge in [-0.25, -0.2) is 0 Å². The van der Waals surface area contributed by atoms with Crippen molar-refractivity contribution in [3.05, 3.63) is 29.3 Å². The lowest BCUT2D eigenvalue weighted by atomic mass is 10.1. The van der Waals surface area contributed by atoms with Gasteiger partial charge in [-0.3, -0.25) is 9.59 Å². The summed E-state index contributed by atoms with van der Waals surface area (Å²) in [6.07, 6.45) is 9.22. The molecule has 2 aliphatic rings. The molecule has 1 saturated heterocycles. The van der Waals surface area contributed by atoms with Crippen LogP contribution >= 0.6 is 11.8 Å². The molecule has 1 aromatic rings. The highest BCUT2D eigenvalue weighted by atomic mass is 32.2. The first kappa shape index (κ1) is 18.3. The highest BCUT2D eigenvalue weighted by Gasteiger charge is 2.21. The molecule has 25 heavy (non-hydrogen) atoms. The van der Waals surface area contributed by atoms with Crippen LogP contribution in [0.1, 0.15) is 67.3 Å². The summed E-state index contributed by atoms with van der Waals surface area (Å²) < 4.78 is 0. The summed E-state index contributed by atoms with van der Waals surface area (Å²) in [5.41, 5.74) is 2.02. The molecule has 3 rings (SSSR count). The van der Waals surface area contributed by atoms with Crippen molar-refractivity contribution in [3.8, 4) is 0 Å². The van der Waals surface area contributed by atoms with Crippen LogP contribution in [-0.2, 0) is 11.3 Å². The number of nitrogens with one attached hydrogen (secondary N) is 1. The average molecular weight is 361 g/mol. The molecule has 0 saturated carbocycles. The Balaban J connectivity index is 1.23. The number of unbranched alkanes of at least 4 members (excludes halogenated alkanes) is 5. The van der Waals surface area contributed by atoms with E-state index in [9.17, 15) is 9.59 Å². The average Bonchev–Trinajstić information content (AvgIpc) is 3.20. The molecular formula is C20H28N2O2S. The number of carbonyl (C=O) groups is 2. The van der Waals surface area contributed by atoms with Gasteiger partial charge in [-0.15, -0.1) is 11.8 Å². The van der Waals surface area contributed by atoms with Crippen molar-refractivity contribution in [1.82, 2.24) is 10.2 Å². The van der Waals surface area contributed by atoms with E-state index in [1.165, 1.54) is 42.6 Å². The predicted octanol–water partition coefficient (Wildman–Crippen LogP) is 3.99. The van der Waals surface area contributed by atoms with E-state index in [-0.39, 0.29) is 5.91 Å². The number of hydrogen-bond acceptors (Lipinski definition) is 3. The summed E-state index contributed by atoms with van der Waals surface area (Å²) >= 11 is 1.88. The van der Waals surface area contributed by atoms with E-state index in [4.69, 9.17) is 0 Å². The second-order valence-electron chi connectivity index (χ2n) is 6.92. The molecule has 5 heteroatoms. The predicted molar refractivity (Wildman–Crippen MR) is 102 cm³/mol. The molecule has 0 spiro atoms. The Morgan fingerprint density at radius 2 is 1.84 bits per heavy atom. The normalized spacial score (nSPS) is 16.4. The summed E-state index contributed by atoms with van der Waals surface area (Å²) in [5, 5.41) is 2.90. The van der Waals surface area contributed by atoms with E-state index in [0.29, 0.717) is 12.5 Å². The molecular weight excluding hydrogens is 332 g/mol. The lowest BCUT2D eigenvalue weighted by Gasteiger charge is -2.14. The number of benzene rings is 1. The molecule has 4 nitrogen and oxygen atoms in total. The molecule has 2 heterocycles. The fourth-order valence-electron chi connectivity index (χ4n) is 3.59. The van der Waals surface area contributed by atoms with Crippen LogP contribution in [-0.4, -0.2) is 35.6 Å². The molecule has 0 aromatic heterocycles. The molecule has 0 bridgehead atoms. The number of carbonyl (C=O) groups excluding carboxylic acids is 2. The molecule has 0 unspecified atom stereocenters. The van der Waals surface area contributed by atoms with Crippen LogP contribution in [0.25, 0.3) is 0 Å². The first-order valence-corrected chi connectivity index (χ1v) is 10.5. The molecule has 1 aromatic carbocycles. The Hall–Kier alpha value is -1.49. The van der Waals surface area contributed by atoms with Crippen molar-refractivity contribution in [2.24, 2.45) is 0 Å². The minimum atomic E-state index is 0.0630. The van der Waals surface area contributed by atoms with Crippen LogP contribution < -0.4 is 5.32 Å². The molecule has 1 fully saturated rings. The van der Waals surface area contributed by atoms with Gasteiger partial charge < -0.3 is 10.2 Å². The summed E-state index contributed by atoms with van der Waals surface area (Å²) in [4.78, 5) is 26.5. The van der Waals surface area contributed by atoms with Gasteiger partial charge in [0.25, 0.3) is 5.91 Å². The van der Waals surface area contributed by atoms with Crippen LogP contribution in [0.5, 0.6) is 0 Å². The molecule has 0 atom stereocenters. The van der Waals surface area contributed by atoms with Crippen molar-refractivity contribution >= 4 is 23.6 Å². The zero-order valence-corrected chi connectivity index (χ0v) is 15.7. The number of rotatable bonds is 10. The van der Waals surface area contributed by atoms with Gasteiger partial charge in [0.05, 0.1) is 0 Å². The first-order valence-electron chi connectivity index (χ1n) is 9.56. The molecule has 2 amide bonds. The largest absolute Gasteiger partial charge is 0.348 e. The molecule has 136 valence electrons. The van der Waals surface area contributed by atoms with E-state index >= 15 is 0 Å². The number of fused-ring (bicyclic) bond motifs is 1. The minimum absolute atomic E-state index is 0.0630. The second kappa shape index (κ2) is 9.27. The van der Waals surface area contributed by atoms with E-state index in [2.05, 4.69) is 11.4 Å². The van der Waals surface area contributed by atoms with Gasteiger partial charge in [0.15, 0.2) is 0 Å². The SMILES string of the molecule is O=C1NCc2c(SCCCCCCCCN3CCCC3=O)cccc21. The Morgan fingerprint density at radius 3 is 2.64 bits per heavy atom. The molecule has 0 radical (unpaired) electrons. The van der Waals surface area contributed by atoms with Crippen LogP contribution in [0.15, 0.2) is 23.1 Å². The van der Waals surface area contributed by atoms with Gasteiger partial charge in [0, 0.05) is 36.5 Å². The van der Waals surface area contributed by atoms with Gasteiger partial charge in [0.2, 0.25) is 5.91 Å². The first-order chi connectivity index (χ1) is 12.3. The van der Waals surface area contributed by atoms with E-state index in [1.54, 1.807) is 0 Å². The lowest BCUT2D eigenvalue weighted by Crippen LogP contribution is -2.25.